The second kappa shape index (κ2) is 10.7. The quantitative estimate of drug-likeness (QED) is 0.536. The van der Waals surface area contributed by atoms with Crippen LogP contribution >= 0.6 is 0 Å². The third kappa shape index (κ3) is 7.31. The lowest BCUT2D eigenvalue weighted by atomic mass is 9.81. The molecule has 0 heterocycles. The van der Waals surface area contributed by atoms with Gasteiger partial charge in [-0.25, -0.2) is 0 Å². The van der Waals surface area contributed by atoms with Gasteiger partial charge in [-0.15, -0.1) is 0 Å². The van der Waals surface area contributed by atoms with Crippen molar-refractivity contribution in [3.05, 3.63) is 0 Å². The van der Waals surface area contributed by atoms with E-state index in [2.05, 4.69) is 51.8 Å². The van der Waals surface area contributed by atoms with Crippen molar-refractivity contribution >= 4 is 0 Å². The minimum atomic E-state index is 0.457. The Morgan fingerprint density at radius 3 is 2.11 bits per heavy atom. The Hall–Kier alpha value is -0.0800. The maximum Gasteiger partial charge on any atom is 0.00499 e. The summed E-state index contributed by atoms with van der Waals surface area (Å²) >= 11 is 0. The maximum atomic E-state index is 3.65. The average molecular weight is 271 g/mol. The van der Waals surface area contributed by atoms with Crippen LogP contribution in [0.25, 0.3) is 0 Å². The molecule has 1 N–H and O–H groups in total. The fraction of sp³-hybridized carbons (Fsp3) is 1.00. The van der Waals surface area contributed by atoms with Crippen LogP contribution in [0.4, 0.5) is 0 Å². The first-order valence-corrected chi connectivity index (χ1v) is 8.50. The van der Waals surface area contributed by atoms with E-state index >= 15 is 0 Å². The van der Waals surface area contributed by atoms with Gasteiger partial charge in [0.25, 0.3) is 0 Å². The van der Waals surface area contributed by atoms with E-state index in [9.17, 15) is 0 Å². The fourth-order valence-corrected chi connectivity index (χ4v) is 2.66. The highest BCUT2D eigenvalue weighted by atomic mass is 15.1. The molecule has 0 saturated heterocycles. The molecule has 2 heteroatoms. The van der Waals surface area contributed by atoms with Gasteiger partial charge in [-0.1, -0.05) is 48.0 Å². The second-order valence-electron chi connectivity index (χ2n) is 6.23. The summed E-state index contributed by atoms with van der Waals surface area (Å²) in [7, 11) is 0. The molecule has 0 aromatic rings. The van der Waals surface area contributed by atoms with Crippen LogP contribution in [0.15, 0.2) is 0 Å². The van der Waals surface area contributed by atoms with Crippen molar-refractivity contribution in [3.8, 4) is 0 Å². The minimum Gasteiger partial charge on any atom is -0.316 e. The molecule has 0 bridgehead atoms. The lowest BCUT2D eigenvalue weighted by Crippen LogP contribution is -2.45. The van der Waals surface area contributed by atoms with Gasteiger partial charge < -0.3 is 10.2 Å². The lowest BCUT2D eigenvalue weighted by molar-refractivity contribution is 0.125. The van der Waals surface area contributed by atoms with Crippen molar-refractivity contribution in [2.45, 2.75) is 67.2 Å². The van der Waals surface area contributed by atoms with E-state index in [1.165, 1.54) is 51.9 Å². The van der Waals surface area contributed by atoms with Crippen molar-refractivity contribution < 1.29 is 0 Å². The first-order valence-electron chi connectivity index (χ1n) is 8.50. The fourth-order valence-electron chi connectivity index (χ4n) is 2.66. The summed E-state index contributed by atoms with van der Waals surface area (Å²) in [6.45, 7) is 19.9. The third-order valence-corrected chi connectivity index (χ3v) is 4.70. The van der Waals surface area contributed by atoms with Gasteiger partial charge in [-0.3, -0.25) is 0 Å². The van der Waals surface area contributed by atoms with Gasteiger partial charge in [0, 0.05) is 19.6 Å². The van der Waals surface area contributed by atoms with Crippen molar-refractivity contribution in [1.82, 2.24) is 10.2 Å². The van der Waals surface area contributed by atoms with Gasteiger partial charge in [-0.2, -0.15) is 0 Å². The molecule has 1 atom stereocenters. The predicted octanol–water partition coefficient (Wildman–Crippen LogP) is 4.16. The Balaban J connectivity index is 4.49. The molecule has 0 saturated carbocycles. The molecule has 0 fully saturated rings. The van der Waals surface area contributed by atoms with Crippen molar-refractivity contribution in [2.75, 3.05) is 32.7 Å². The van der Waals surface area contributed by atoms with Crippen LogP contribution < -0.4 is 5.32 Å². The Morgan fingerprint density at radius 2 is 1.68 bits per heavy atom. The molecule has 116 valence electrons. The van der Waals surface area contributed by atoms with Gasteiger partial charge in [-0.05, 0) is 43.7 Å². The molecule has 19 heavy (non-hydrogen) atoms. The van der Waals surface area contributed by atoms with Crippen LogP contribution in [0.1, 0.15) is 67.2 Å². The minimum absolute atomic E-state index is 0.457. The summed E-state index contributed by atoms with van der Waals surface area (Å²) in [4.78, 5) is 2.66. The zero-order chi connectivity index (χ0) is 14.7. The number of rotatable bonds is 12. The van der Waals surface area contributed by atoms with Crippen LogP contribution in [0.5, 0.6) is 0 Å². The Labute approximate surface area is 122 Å². The standard InChI is InChI=1S/C17H38N2/c1-7-12-18-14-17(9-3,10-4)15-19(11-5)13-16(6)8-2/h16,18H,7-15H2,1-6H3. The largest absolute Gasteiger partial charge is 0.316 e. The summed E-state index contributed by atoms with van der Waals surface area (Å²) in [6, 6.07) is 0. The number of nitrogens with one attached hydrogen (secondary N) is 1. The molecule has 0 rings (SSSR count). The van der Waals surface area contributed by atoms with E-state index in [4.69, 9.17) is 0 Å². The normalized spacial score (nSPS) is 14.1. The van der Waals surface area contributed by atoms with Crippen LogP contribution in [-0.4, -0.2) is 37.6 Å². The maximum absolute atomic E-state index is 3.65. The van der Waals surface area contributed by atoms with Gasteiger partial charge in [0.05, 0.1) is 0 Å². The van der Waals surface area contributed by atoms with Crippen LogP contribution in [0.3, 0.4) is 0 Å². The molecular weight excluding hydrogens is 232 g/mol. The van der Waals surface area contributed by atoms with Crippen molar-refractivity contribution in [2.24, 2.45) is 11.3 Å². The second-order valence-corrected chi connectivity index (χ2v) is 6.23. The van der Waals surface area contributed by atoms with E-state index in [-0.39, 0.29) is 0 Å². The summed E-state index contributed by atoms with van der Waals surface area (Å²) < 4.78 is 0. The number of nitrogens with zero attached hydrogens (tertiary/aromatic N) is 1. The predicted molar refractivity (Wildman–Crippen MR) is 87.7 cm³/mol. The first-order chi connectivity index (χ1) is 9.07. The molecule has 0 aromatic carbocycles. The zero-order valence-electron chi connectivity index (χ0n) is 14.4. The Morgan fingerprint density at radius 1 is 1.05 bits per heavy atom. The topological polar surface area (TPSA) is 15.3 Å². The molecule has 0 amide bonds. The average Bonchev–Trinajstić information content (AvgIpc) is 2.45. The Bertz CT molecular complexity index is 199. The van der Waals surface area contributed by atoms with Crippen LogP contribution in [-0.2, 0) is 0 Å². The highest BCUT2D eigenvalue weighted by Gasteiger charge is 2.28. The number of hydrogen-bond acceptors (Lipinski definition) is 2. The monoisotopic (exact) mass is 270 g/mol. The summed E-state index contributed by atoms with van der Waals surface area (Å²) in [5.41, 5.74) is 0.457. The molecule has 2 nitrogen and oxygen atoms in total. The first kappa shape index (κ1) is 18.9. The van der Waals surface area contributed by atoms with Gasteiger partial charge in [0.2, 0.25) is 0 Å². The Kier molecular flexibility index (Phi) is 10.6. The van der Waals surface area contributed by atoms with E-state index in [0.29, 0.717) is 5.41 Å². The van der Waals surface area contributed by atoms with Gasteiger partial charge in [0.1, 0.15) is 0 Å². The van der Waals surface area contributed by atoms with E-state index in [0.717, 1.165) is 12.5 Å². The van der Waals surface area contributed by atoms with Crippen LogP contribution in [0.2, 0.25) is 0 Å². The molecule has 1 unspecified atom stereocenters. The van der Waals surface area contributed by atoms with Gasteiger partial charge in [0.15, 0.2) is 0 Å². The van der Waals surface area contributed by atoms with E-state index in [1.807, 2.05) is 0 Å². The highest BCUT2D eigenvalue weighted by Crippen LogP contribution is 2.27. The molecule has 0 aliphatic carbocycles. The summed E-state index contributed by atoms with van der Waals surface area (Å²) in [6.07, 6.45) is 5.07. The lowest BCUT2D eigenvalue weighted by Gasteiger charge is -2.38. The van der Waals surface area contributed by atoms with Crippen molar-refractivity contribution in [1.29, 1.82) is 0 Å². The molecule has 0 radical (unpaired) electrons. The van der Waals surface area contributed by atoms with Gasteiger partial charge >= 0.3 is 0 Å². The summed E-state index contributed by atoms with van der Waals surface area (Å²) in [5.74, 6) is 0.815. The molecule has 0 aliphatic rings. The van der Waals surface area contributed by atoms with E-state index < -0.39 is 0 Å². The molecular formula is C17H38N2. The SMILES string of the molecule is CCCNCC(CC)(CC)CN(CC)CC(C)CC. The highest BCUT2D eigenvalue weighted by molar-refractivity contribution is 4.83. The summed E-state index contributed by atoms with van der Waals surface area (Å²) in [5, 5.41) is 3.65. The zero-order valence-corrected chi connectivity index (χ0v) is 14.4. The third-order valence-electron chi connectivity index (χ3n) is 4.70. The molecule has 0 aromatic heterocycles. The van der Waals surface area contributed by atoms with Crippen molar-refractivity contribution in [3.63, 3.8) is 0 Å². The molecule has 0 aliphatic heterocycles. The smallest absolute Gasteiger partial charge is 0.00499 e. The van der Waals surface area contributed by atoms with E-state index in [1.54, 1.807) is 0 Å². The number of hydrogen-bond donors (Lipinski definition) is 1. The molecule has 0 spiro atoms. The van der Waals surface area contributed by atoms with Crippen LogP contribution in [0, 0.1) is 11.3 Å².